The van der Waals surface area contributed by atoms with Crippen LogP contribution in [0.3, 0.4) is 0 Å². The van der Waals surface area contributed by atoms with E-state index in [4.69, 9.17) is 4.74 Å². The number of carbonyl (C=O) groups is 1. The van der Waals surface area contributed by atoms with Gasteiger partial charge in [-0.25, -0.2) is 9.78 Å². The molecule has 0 N–H and O–H groups in total. The fourth-order valence-electron chi connectivity index (χ4n) is 2.31. The highest BCUT2D eigenvalue weighted by atomic mass is 32.1. The lowest BCUT2D eigenvalue weighted by molar-refractivity contribution is -0.208. The van der Waals surface area contributed by atoms with Crippen molar-refractivity contribution in [3.63, 3.8) is 0 Å². The third kappa shape index (κ3) is 4.16. The van der Waals surface area contributed by atoms with Gasteiger partial charge in [0.15, 0.2) is 0 Å². The van der Waals surface area contributed by atoms with Gasteiger partial charge in [-0.3, -0.25) is 4.90 Å². The first kappa shape index (κ1) is 16.2. The number of esters is 1. The Morgan fingerprint density at radius 1 is 1.38 bits per heavy atom. The van der Waals surface area contributed by atoms with E-state index in [1.165, 1.54) is 0 Å². The van der Waals surface area contributed by atoms with Crippen LogP contribution in [0.4, 0.5) is 13.2 Å². The first-order valence-corrected chi connectivity index (χ1v) is 7.53. The topological polar surface area (TPSA) is 42.4 Å². The molecule has 1 fully saturated rings. The molecule has 0 bridgehead atoms. The Bertz CT molecular complexity index is 510. The first-order valence-electron chi connectivity index (χ1n) is 6.71. The van der Waals surface area contributed by atoms with E-state index in [1.807, 2.05) is 0 Å². The third-order valence-corrected chi connectivity index (χ3v) is 4.38. The predicted octanol–water partition coefficient (Wildman–Crippen LogP) is 2.94. The molecule has 0 unspecified atom stereocenters. The lowest BCUT2D eigenvalue weighted by Crippen LogP contribution is -2.43. The molecule has 4 nitrogen and oxygen atoms in total. The van der Waals surface area contributed by atoms with Gasteiger partial charge in [0.2, 0.25) is 6.10 Å². The summed E-state index contributed by atoms with van der Waals surface area (Å²) in [7, 11) is 0. The van der Waals surface area contributed by atoms with Crippen molar-refractivity contribution >= 4 is 17.3 Å². The van der Waals surface area contributed by atoms with Gasteiger partial charge in [0, 0.05) is 6.54 Å². The Kier molecular flexibility index (Phi) is 4.88. The summed E-state index contributed by atoms with van der Waals surface area (Å²) in [5, 5.41) is 0.627. The molecule has 2 rings (SSSR count). The van der Waals surface area contributed by atoms with Crippen LogP contribution in [0.25, 0.3) is 0 Å². The van der Waals surface area contributed by atoms with Gasteiger partial charge in [-0.15, -0.1) is 11.3 Å². The van der Waals surface area contributed by atoms with Crippen molar-refractivity contribution in [3.05, 3.63) is 15.6 Å². The first-order chi connectivity index (χ1) is 9.77. The van der Waals surface area contributed by atoms with Crippen molar-refractivity contribution in [2.75, 3.05) is 19.6 Å². The summed E-state index contributed by atoms with van der Waals surface area (Å²) in [4.78, 5) is 17.8. The van der Waals surface area contributed by atoms with Gasteiger partial charge < -0.3 is 4.74 Å². The van der Waals surface area contributed by atoms with Crippen molar-refractivity contribution in [2.45, 2.75) is 39.0 Å². The van der Waals surface area contributed by atoms with E-state index in [0.29, 0.717) is 23.8 Å². The Morgan fingerprint density at radius 3 is 2.48 bits per heavy atom. The Morgan fingerprint density at radius 2 is 2.00 bits per heavy atom. The number of aryl methyl sites for hydroxylation is 2. The standard InChI is InChI=1S/C13H17F3N2O2S/c1-8-11(21-9(2)17-8)12(19)20-10(13(14,15)16)7-18-5-3-4-6-18/h10H,3-7H2,1-2H3/t10-/m0/s1. The molecule has 1 aliphatic rings. The molecule has 1 saturated heterocycles. The minimum atomic E-state index is -4.56. The summed E-state index contributed by atoms with van der Waals surface area (Å²) in [6.45, 7) is 4.21. The number of halogens is 3. The summed E-state index contributed by atoms with van der Waals surface area (Å²) in [6, 6.07) is 0. The number of aromatic nitrogens is 1. The summed E-state index contributed by atoms with van der Waals surface area (Å²) in [6.07, 6.45) is -4.90. The number of thiazole rings is 1. The molecule has 1 aromatic rings. The van der Waals surface area contributed by atoms with Gasteiger partial charge in [-0.05, 0) is 39.8 Å². The number of ether oxygens (including phenoxy) is 1. The van der Waals surface area contributed by atoms with Crippen LogP contribution < -0.4 is 0 Å². The predicted molar refractivity (Wildman–Crippen MR) is 72.5 cm³/mol. The molecule has 1 atom stereocenters. The van der Waals surface area contributed by atoms with Crippen LogP contribution >= 0.6 is 11.3 Å². The number of rotatable bonds is 4. The minimum Gasteiger partial charge on any atom is -0.447 e. The molecule has 0 amide bonds. The van der Waals surface area contributed by atoms with E-state index in [-0.39, 0.29) is 11.4 Å². The molecule has 2 heterocycles. The lowest BCUT2D eigenvalue weighted by atomic mass is 10.3. The highest BCUT2D eigenvalue weighted by molar-refractivity contribution is 7.13. The number of alkyl halides is 3. The van der Waals surface area contributed by atoms with Gasteiger partial charge in [0.05, 0.1) is 10.7 Å². The van der Waals surface area contributed by atoms with Gasteiger partial charge in [-0.1, -0.05) is 0 Å². The normalized spacial score (nSPS) is 18.0. The molecule has 0 aromatic carbocycles. The Labute approximate surface area is 124 Å². The average molecular weight is 322 g/mol. The summed E-state index contributed by atoms with van der Waals surface area (Å²) in [5.41, 5.74) is 0.407. The van der Waals surface area contributed by atoms with Crippen LogP contribution in [-0.2, 0) is 4.74 Å². The molecule has 1 aromatic heterocycles. The second-order valence-electron chi connectivity index (χ2n) is 5.09. The fourth-order valence-corrected chi connectivity index (χ4v) is 3.11. The Balaban J connectivity index is 2.07. The van der Waals surface area contributed by atoms with E-state index in [1.54, 1.807) is 18.7 Å². The highest BCUT2D eigenvalue weighted by Crippen LogP contribution is 2.27. The monoisotopic (exact) mass is 322 g/mol. The molecule has 118 valence electrons. The summed E-state index contributed by atoms with van der Waals surface area (Å²) >= 11 is 1.05. The van der Waals surface area contributed by atoms with Crippen LogP contribution in [0.15, 0.2) is 0 Å². The minimum absolute atomic E-state index is 0.142. The van der Waals surface area contributed by atoms with Gasteiger partial charge >= 0.3 is 12.1 Å². The van der Waals surface area contributed by atoms with Crippen molar-refractivity contribution in [1.82, 2.24) is 9.88 Å². The molecule has 0 spiro atoms. The van der Waals surface area contributed by atoms with Crippen LogP contribution in [0.5, 0.6) is 0 Å². The number of hydrogen-bond donors (Lipinski definition) is 0. The number of hydrogen-bond acceptors (Lipinski definition) is 5. The number of nitrogens with zero attached hydrogens (tertiary/aromatic N) is 2. The molecule has 1 aliphatic heterocycles. The molecule has 0 radical (unpaired) electrons. The van der Waals surface area contributed by atoms with Gasteiger partial charge in [0.1, 0.15) is 4.88 Å². The quantitative estimate of drug-likeness (QED) is 0.799. The second kappa shape index (κ2) is 6.31. The van der Waals surface area contributed by atoms with Crippen LogP contribution in [0, 0.1) is 13.8 Å². The largest absolute Gasteiger partial charge is 0.447 e. The smallest absolute Gasteiger partial charge is 0.426 e. The maximum atomic E-state index is 13.0. The van der Waals surface area contributed by atoms with Gasteiger partial charge in [0.25, 0.3) is 0 Å². The second-order valence-corrected chi connectivity index (χ2v) is 6.29. The SMILES string of the molecule is Cc1nc(C)c(C(=O)O[C@@H](CN2CCCC2)C(F)(F)F)s1. The maximum absolute atomic E-state index is 13.0. The fraction of sp³-hybridized carbons (Fsp3) is 0.692. The zero-order chi connectivity index (χ0) is 15.6. The van der Waals surface area contributed by atoms with E-state index < -0.39 is 18.2 Å². The molecule has 21 heavy (non-hydrogen) atoms. The van der Waals surface area contributed by atoms with E-state index in [2.05, 4.69) is 4.98 Å². The van der Waals surface area contributed by atoms with Crippen molar-refractivity contribution in [2.24, 2.45) is 0 Å². The average Bonchev–Trinajstić information content (AvgIpc) is 2.96. The Hall–Kier alpha value is -1.15. The zero-order valence-electron chi connectivity index (χ0n) is 11.9. The molecule has 0 aliphatic carbocycles. The maximum Gasteiger partial charge on any atom is 0.426 e. The van der Waals surface area contributed by atoms with Crippen LogP contribution in [0.1, 0.15) is 33.2 Å². The van der Waals surface area contributed by atoms with E-state index in [9.17, 15) is 18.0 Å². The van der Waals surface area contributed by atoms with Crippen LogP contribution in [-0.4, -0.2) is 47.8 Å². The molecular weight excluding hydrogens is 305 g/mol. The molecular formula is C13H17F3N2O2S. The van der Waals surface area contributed by atoms with Crippen molar-refractivity contribution in [3.8, 4) is 0 Å². The zero-order valence-corrected chi connectivity index (χ0v) is 12.7. The van der Waals surface area contributed by atoms with Crippen LogP contribution in [0.2, 0.25) is 0 Å². The molecule has 8 heteroatoms. The summed E-state index contributed by atoms with van der Waals surface area (Å²) in [5.74, 6) is -0.945. The summed E-state index contributed by atoms with van der Waals surface area (Å²) < 4.78 is 43.8. The number of carbonyl (C=O) groups excluding carboxylic acids is 1. The molecule has 0 saturated carbocycles. The highest BCUT2D eigenvalue weighted by Gasteiger charge is 2.44. The van der Waals surface area contributed by atoms with E-state index in [0.717, 1.165) is 24.2 Å². The van der Waals surface area contributed by atoms with Gasteiger partial charge in [-0.2, -0.15) is 13.2 Å². The number of likely N-dealkylation sites (tertiary alicyclic amines) is 1. The van der Waals surface area contributed by atoms with Crippen molar-refractivity contribution < 1.29 is 22.7 Å². The van der Waals surface area contributed by atoms with Crippen molar-refractivity contribution in [1.29, 1.82) is 0 Å². The lowest BCUT2D eigenvalue weighted by Gasteiger charge is -2.25. The van der Waals surface area contributed by atoms with E-state index >= 15 is 0 Å². The third-order valence-electron chi connectivity index (χ3n) is 3.33.